The highest BCUT2D eigenvalue weighted by Crippen LogP contribution is 2.23. The van der Waals surface area contributed by atoms with Crippen molar-refractivity contribution in [2.24, 2.45) is 0 Å². The Hall–Kier alpha value is -3.05. The predicted octanol–water partition coefficient (Wildman–Crippen LogP) is 4.45. The molecule has 0 aromatic heterocycles. The third-order valence-electron chi connectivity index (χ3n) is 4.83. The van der Waals surface area contributed by atoms with Gasteiger partial charge in [-0.2, -0.15) is 0 Å². The zero-order valence-corrected chi connectivity index (χ0v) is 15.7. The molecule has 1 unspecified atom stereocenters. The first-order valence-corrected chi connectivity index (χ1v) is 9.64. The molecule has 0 saturated carbocycles. The van der Waals surface area contributed by atoms with Crippen LogP contribution in [0.1, 0.15) is 12.8 Å². The van der Waals surface area contributed by atoms with Crippen LogP contribution in [0.2, 0.25) is 0 Å². The normalized spacial score (nSPS) is 16.1. The van der Waals surface area contributed by atoms with Crippen LogP contribution in [-0.4, -0.2) is 31.8 Å². The summed E-state index contributed by atoms with van der Waals surface area (Å²) in [6, 6.07) is 21.5. The topological polar surface area (TPSA) is 59.6 Å². The van der Waals surface area contributed by atoms with Crippen molar-refractivity contribution in [3.63, 3.8) is 0 Å². The number of nitrogens with one attached hydrogen (secondary N) is 2. The minimum absolute atomic E-state index is 0.0879. The summed E-state index contributed by atoms with van der Waals surface area (Å²) in [5.41, 5.74) is 1.69. The Bertz CT molecular complexity index is 929. The van der Waals surface area contributed by atoms with Crippen molar-refractivity contribution in [2.75, 3.05) is 30.4 Å². The first-order chi connectivity index (χ1) is 13.8. The van der Waals surface area contributed by atoms with Gasteiger partial charge in [-0.1, -0.05) is 36.4 Å². The van der Waals surface area contributed by atoms with Crippen molar-refractivity contribution >= 4 is 28.1 Å². The first kappa shape index (κ1) is 18.3. The van der Waals surface area contributed by atoms with Gasteiger partial charge in [-0.3, -0.25) is 4.79 Å². The van der Waals surface area contributed by atoms with Crippen molar-refractivity contribution in [3.05, 3.63) is 66.7 Å². The van der Waals surface area contributed by atoms with E-state index in [-0.39, 0.29) is 18.6 Å². The number of ether oxygens (including phenoxy) is 2. The summed E-state index contributed by atoms with van der Waals surface area (Å²) >= 11 is 0. The van der Waals surface area contributed by atoms with Crippen LogP contribution in [-0.2, 0) is 9.53 Å². The monoisotopic (exact) mass is 376 g/mol. The Morgan fingerprint density at radius 1 is 1.04 bits per heavy atom. The van der Waals surface area contributed by atoms with Crippen molar-refractivity contribution in [2.45, 2.75) is 18.9 Å². The summed E-state index contributed by atoms with van der Waals surface area (Å²) in [6.45, 7) is 1.61. The molecular formula is C23H24N2O3. The molecular weight excluding hydrogens is 352 g/mol. The second kappa shape index (κ2) is 8.76. The van der Waals surface area contributed by atoms with Crippen molar-refractivity contribution < 1.29 is 14.3 Å². The lowest BCUT2D eigenvalue weighted by Gasteiger charge is -2.12. The molecule has 0 bridgehead atoms. The maximum atomic E-state index is 12.3. The summed E-state index contributed by atoms with van der Waals surface area (Å²) in [7, 11) is 0. The second-order valence-corrected chi connectivity index (χ2v) is 6.90. The van der Waals surface area contributed by atoms with Crippen LogP contribution in [0.3, 0.4) is 0 Å². The summed E-state index contributed by atoms with van der Waals surface area (Å²) in [5, 5.41) is 8.26. The minimum atomic E-state index is -0.0879. The molecule has 2 N–H and O–H groups in total. The van der Waals surface area contributed by atoms with Gasteiger partial charge in [-0.25, -0.2) is 0 Å². The molecule has 1 fully saturated rings. The van der Waals surface area contributed by atoms with E-state index in [0.717, 1.165) is 47.3 Å². The summed E-state index contributed by atoms with van der Waals surface area (Å²) in [4.78, 5) is 12.3. The lowest BCUT2D eigenvalue weighted by atomic mass is 10.1. The highest BCUT2D eigenvalue weighted by atomic mass is 16.5. The molecule has 1 heterocycles. The molecule has 3 aromatic carbocycles. The predicted molar refractivity (Wildman–Crippen MR) is 112 cm³/mol. The molecule has 4 rings (SSSR count). The average Bonchev–Trinajstić information content (AvgIpc) is 3.25. The standard InChI is InChI=1S/C23H24N2O3/c26-23(25-22-9-3-6-17-5-1-2-8-21(17)22)15-24-18-10-12-19(13-11-18)28-16-20-7-4-14-27-20/h1-3,5-6,8-13,20,24H,4,7,14-16H2,(H,25,26). The zero-order valence-electron chi connectivity index (χ0n) is 15.7. The van der Waals surface area contributed by atoms with E-state index in [1.807, 2.05) is 66.7 Å². The third kappa shape index (κ3) is 4.61. The lowest BCUT2D eigenvalue weighted by molar-refractivity contribution is -0.114. The van der Waals surface area contributed by atoms with Crippen LogP contribution in [0, 0.1) is 0 Å². The van der Waals surface area contributed by atoms with Crippen molar-refractivity contribution in [3.8, 4) is 5.75 Å². The molecule has 0 aliphatic carbocycles. The molecule has 28 heavy (non-hydrogen) atoms. The maximum Gasteiger partial charge on any atom is 0.243 e. The summed E-state index contributed by atoms with van der Waals surface area (Å²) in [5.74, 6) is 0.719. The van der Waals surface area contributed by atoms with Crippen molar-refractivity contribution in [1.82, 2.24) is 0 Å². The quantitative estimate of drug-likeness (QED) is 0.640. The Morgan fingerprint density at radius 3 is 2.68 bits per heavy atom. The molecule has 144 valence electrons. The fourth-order valence-corrected chi connectivity index (χ4v) is 3.35. The maximum absolute atomic E-state index is 12.3. The van der Waals surface area contributed by atoms with Crippen LogP contribution in [0.4, 0.5) is 11.4 Å². The molecule has 1 aliphatic heterocycles. The first-order valence-electron chi connectivity index (χ1n) is 9.64. The average molecular weight is 376 g/mol. The van der Waals surface area contributed by atoms with Gasteiger partial charge in [-0.15, -0.1) is 0 Å². The molecule has 5 nitrogen and oxygen atoms in total. The number of hydrogen-bond acceptors (Lipinski definition) is 4. The minimum Gasteiger partial charge on any atom is -0.491 e. The van der Waals surface area contributed by atoms with Crippen LogP contribution in [0.5, 0.6) is 5.75 Å². The number of rotatable bonds is 7. The molecule has 5 heteroatoms. The Kier molecular flexibility index (Phi) is 5.73. The van der Waals surface area contributed by atoms with E-state index in [1.165, 1.54) is 0 Å². The molecule has 1 amide bonds. The number of anilines is 2. The second-order valence-electron chi connectivity index (χ2n) is 6.90. The van der Waals surface area contributed by atoms with E-state index >= 15 is 0 Å². The van der Waals surface area contributed by atoms with Gasteiger partial charge in [0.15, 0.2) is 0 Å². The van der Waals surface area contributed by atoms with Gasteiger partial charge in [0.05, 0.1) is 12.6 Å². The molecule has 1 aliphatic rings. The number of amides is 1. The van der Waals surface area contributed by atoms with Gasteiger partial charge in [0.1, 0.15) is 12.4 Å². The van der Waals surface area contributed by atoms with Crippen LogP contribution in [0.25, 0.3) is 10.8 Å². The molecule has 1 atom stereocenters. The van der Waals surface area contributed by atoms with Crippen LogP contribution in [0.15, 0.2) is 66.7 Å². The van der Waals surface area contributed by atoms with Gasteiger partial charge in [0.25, 0.3) is 0 Å². The van der Waals surface area contributed by atoms with Crippen molar-refractivity contribution in [1.29, 1.82) is 0 Å². The van der Waals surface area contributed by atoms with E-state index in [9.17, 15) is 4.79 Å². The largest absolute Gasteiger partial charge is 0.491 e. The molecule has 3 aromatic rings. The number of carbonyl (C=O) groups excluding carboxylic acids is 1. The fraction of sp³-hybridized carbons (Fsp3) is 0.261. The molecule has 0 radical (unpaired) electrons. The van der Waals surface area contributed by atoms with Gasteiger partial charge in [0.2, 0.25) is 5.91 Å². The summed E-state index contributed by atoms with van der Waals surface area (Å²) < 4.78 is 11.3. The highest BCUT2D eigenvalue weighted by molar-refractivity contribution is 6.03. The summed E-state index contributed by atoms with van der Waals surface area (Å²) in [6.07, 6.45) is 2.37. The van der Waals surface area contributed by atoms with E-state index in [4.69, 9.17) is 9.47 Å². The molecule has 1 saturated heterocycles. The van der Waals surface area contributed by atoms with Gasteiger partial charge < -0.3 is 20.1 Å². The van der Waals surface area contributed by atoms with Crippen LogP contribution >= 0.6 is 0 Å². The number of benzene rings is 3. The highest BCUT2D eigenvalue weighted by Gasteiger charge is 2.15. The van der Waals surface area contributed by atoms with Gasteiger partial charge in [-0.05, 0) is 48.6 Å². The number of fused-ring (bicyclic) bond motifs is 1. The van der Waals surface area contributed by atoms with E-state index < -0.39 is 0 Å². The number of carbonyl (C=O) groups is 1. The smallest absolute Gasteiger partial charge is 0.243 e. The van der Waals surface area contributed by atoms with E-state index in [2.05, 4.69) is 10.6 Å². The lowest BCUT2D eigenvalue weighted by Crippen LogP contribution is -2.21. The Morgan fingerprint density at radius 2 is 1.86 bits per heavy atom. The van der Waals surface area contributed by atoms with Gasteiger partial charge in [0, 0.05) is 23.4 Å². The number of hydrogen-bond donors (Lipinski definition) is 2. The fourth-order valence-electron chi connectivity index (χ4n) is 3.35. The van der Waals surface area contributed by atoms with E-state index in [0.29, 0.717) is 6.61 Å². The SMILES string of the molecule is O=C(CNc1ccc(OCC2CCCO2)cc1)Nc1cccc2ccccc12. The van der Waals surface area contributed by atoms with Gasteiger partial charge >= 0.3 is 0 Å². The Labute approximate surface area is 164 Å². The zero-order chi connectivity index (χ0) is 19.2. The van der Waals surface area contributed by atoms with Crippen LogP contribution < -0.4 is 15.4 Å². The molecule has 0 spiro atoms. The van der Waals surface area contributed by atoms with E-state index in [1.54, 1.807) is 0 Å². The third-order valence-corrected chi connectivity index (χ3v) is 4.83. The Balaban J connectivity index is 1.28.